The van der Waals surface area contributed by atoms with Gasteiger partial charge in [0.15, 0.2) is 0 Å². The van der Waals surface area contributed by atoms with Gasteiger partial charge in [0, 0.05) is 16.0 Å². The third kappa shape index (κ3) is 2.88. The Morgan fingerprint density at radius 1 is 1.21 bits per heavy atom. The summed E-state index contributed by atoms with van der Waals surface area (Å²) < 4.78 is 0. The van der Waals surface area contributed by atoms with Crippen LogP contribution in [0.15, 0.2) is 24.3 Å². The third-order valence-corrected chi connectivity index (χ3v) is 4.60. The van der Waals surface area contributed by atoms with Gasteiger partial charge in [-0.25, -0.2) is 4.98 Å². The monoisotopic (exact) mass is 274 g/mol. The Labute approximate surface area is 119 Å². The van der Waals surface area contributed by atoms with Crippen LogP contribution >= 0.6 is 11.3 Å². The summed E-state index contributed by atoms with van der Waals surface area (Å²) in [6.45, 7) is 10.6. The average Bonchev–Trinajstić information content (AvgIpc) is 2.74. The Morgan fingerprint density at radius 2 is 1.84 bits per heavy atom. The number of hydrogen-bond donors (Lipinski definition) is 1. The summed E-state index contributed by atoms with van der Waals surface area (Å²) in [6.07, 6.45) is 0. The SMILES string of the molecule is Cc1ccccc1-c1nc(C(C)C)c(C(C)(C)N)s1. The highest BCUT2D eigenvalue weighted by molar-refractivity contribution is 7.15. The van der Waals surface area contributed by atoms with Crippen LogP contribution in [-0.2, 0) is 5.54 Å². The van der Waals surface area contributed by atoms with E-state index in [1.807, 2.05) is 13.8 Å². The second kappa shape index (κ2) is 5.06. The minimum atomic E-state index is -0.335. The fourth-order valence-electron chi connectivity index (χ4n) is 2.11. The van der Waals surface area contributed by atoms with Crippen molar-refractivity contribution in [2.45, 2.75) is 46.1 Å². The fraction of sp³-hybridized carbons (Fsp3) is 0.438. The van der Waals surface area contributed by atoms with E-state index in [0.29, 0.717) is 5.92 Å². The van der Waals surface area contributed by atoms with E-state index in [0.717, 1.165) is 10.7 Å². The molecule has 0 saturated carbocycles. The standard InChI is InChI=1S/C16H22N2S/c1-10(2)13-14(16(4,5)17)19-15(18-13)12-9-7-6-8-11(12)3/h6-10H,17H2,1-5H3. The summed E-state index contributed by atoms with van der Waals surface area (Å²) in [7, 11) is 0. The zero-order valence-corrected chi connectivity index (χ0v) is 13.1. The summed E-state index contributed by atoms with van der Waals surface area (Å²) in [4.78, 5) is 6.04. The summed E-state index contributed by atoms with van der Waals surface area (Å²) >= 11 is 1.73. The molecule has 0 amide bonds. The molecule has 2 nitrogen and oxygen atoms in total. The lowest BCUT2D eigenvalue weighted by atomic mass is 9.98. The second-order valence-electron chi connectivity index (χ2n) is 5.92. The Bertz CT molecular complexity index is 577. The molecular weight excluding hydrogens is 252 g/mol. The smallest absolute Gasteiger partial charge is 0.124 e. The van der Waals surface area contributed by atoms with Gasteiger partial charge in [-0.3, -0.25) is 0 Å². The molecule has 1 heterocycles. The summed E-state index contributed by atoms with van der Waals surface area (Å²) in [5.41, 5.74) is 9.57. The lowest BCUT2D eigenvalue weighted by Crippen LogP contribution is -2.28. The van der Waals surface area contributed by atoms with Crippen molar-refractivity contribution in [3.8, 4) is 10.6 Å². The number of thiazole rings is 1. The van der Waals surface area contributed by atoms with E-state index >= 15 is 0 Å². The van der Waals surface area contributed by atoms with Crippen molar-refractivity contribution in [2.75, 3.05) is 0 Å². The van der Waals surface area contributed by atoms with Crippen molar-refractivity contribution < 1.29 is 0 Å². The molecule has 1 aromatic heterocycles. The number of aromatic nitrogens is 1. The number of nitrogens with zero attached hydrogens (tertiary/aromatic N) is 1. The van der Waals surface area contributed by atoms with Crippen LogP contribution in [0.3, 0.4) is 0 Å². The molecule has 0 bridgehead atoms. The van der Waals surface area contributed by atoms with Gasteiger partial charge in [0.05, 0.1) is 5.69 Å². The highest BCUT2D eigenvalue weighted by atomic mass is 32.1. The maximum Gasteiger partial charge on any atom is 0.124 e. The van der Waals surface area contributed by atoms with E-state index in [-0.39, 0.29) is 5.54 Å². The molecule has 0 aliphatic rings. The minimum Gasteiger partial charge on any atom is -0.321 e. The molecule has 0 spiro atoms. The fourth-order valence-corrected chi connectivity index (χ4v) is 3.44. The number of aryl methyl sites for hydroxylation is 1. The first kappa shape index (κ1) is 14.2. The summed E-state index contributed by atoms with van der Waals surface area (Å²) in [5, 5.41) is 1.08. The van der Waals surface area contributed by atoms with E-state index in [4.69, 9.17) is 10.7 Å². The Balaban J connectivity index is 2.59. The van der Waals surface area contributed by atoms with Gasteiger partial charge in [0.1, 0.15) is 5.01 Å². The first-order chi connectivity index (χ1) is 8.80. The van der Waals surface area contributed by atoms with Crippen molar-refractivity contribution in [3.05, 3.63) is 40.4 Å². The molecule has 2 rings (SSSR count). The van der Waals surface area contributed by atoms with Gasteiger partial charge in [-0.05, 0) is 32.3 Å². The predicted octanol–water partition coefficient (Wildman–Crippen LogP) is 4.44. The van der Waals surface area contributed by atoms with E-state index in [9.17, 15) is 0 Å². The van der Waals surface area contributed by atoms with Crippen LogP contribution in [0.5, 0.6) is 0 Å². The van der Waals surface area contributed by atoms with Gasteiger partial charge in [-0.1, -0.05) is 38.1 Å². The number of hydrogen-bond acceptors (Lipinski definition) is 3. The van der Waals surface area contributed by atoms with Crippen LogP contribution in [0, 0.1) is 6.92 Å². The molecule has 0 aliphatic heterocycles. The number of rotatable bonds is 3. The van der Waals surface area contributed by atoms with E-state index < -0.39 is 0 Å². The maximum absolute atomic E-state index is 6.30. The van der Waals surface area contributed by atoms with Crippen molar-refractivity contribution in [1.82, 2.24) is 4.98 Å². The van der Waals surface area contributed by atoms with Crippen LogP contribution in [0.1, 0.15) is 49.7 Å². The first-order valence-corrected chi connectivity index (χ1v) is 7.48. The van der Waals surface area contributed by atoms with Crippen LogP contribution in [-0.4, -0.2) is 4.98 Å². The lowest BCUT2D eigenvalue weighted by Gasteiger charge is -2.19. The topological polar surface area (TPSA) is 38.9 Å². The van der Waals surface area contributed by atoms with Crippen LogP contribution in [0.2, 0.25) is 0 Å². The van der Waals surface area contributed by atoms with E-state index in [1.54, 1.807) is 11.3 Å². The van der Waals surface area contributed by atoms with Crippen molar-refractivity contribution in [3.63, 3.8) is 0 Å². The molecule has 102 valence electrons. The van der Waals surface area contributed by atoms with Gasteiger partial charge >= 0.3 is 0 Å². The molecular formula is C16H22N2S. The van der Waals surface area contributed by atoms with Crippen molar-refractivity contribution in [2.24, 2.45) is 5.73 Å². The first-order valence-electron chi connectivity index (χ1n) is 6.66. The maximum atomic E-state index is 6.30. The minimum absolute atomic E-state index is 0.335. The molecule has 2 aromatic rings. The zero-order chi connectivity index (χ0) is 14.2. The molecule has 0 fully saturated rings. The highest BCUT2D eigenvalue weighted by Crippen LogP contribution is 2.37. The number of benzene rings is 1. The molecule has 0 saturated heterocycles. The molecule has 0 radical (unpaired) electrons. The Hall–Kier alpha value is -1.19. The highest BCUT2D eigenvalue weighted by Gasteiger charge is 2.25. The molecule has 19 heavy (non-hydrogen) atoms. The molecule has 0 aliphatic carbocycles. The van der Waals surface area contributed by atoms with Crippen LogP contribution in [0.4, 0.5) is 0 Å². The van der Waals surface area contributed by atoms with Gasteiger partial charge in [-0.15, -0.1) is 11.3 Å². The molecule has 1 aromatic carbocycles. The molecule has 2 N–H and O–H groups in total. The molecule has 0 atom stereocenters. The van der Waals surface area contributed by atoms with E-state index in [2.05, 4.69) is 45.0 Å². The summed E-state index contributed by atoms with van der Waals surface area (Å²) in [5.74, 6) is 0.395. The van der Waals surface area contributed by atoms with Crippen molar-refractivity contribution in [1.29, 1.82) is 0 Å². The van der Waals surface area contributed by atoms with Gasteiger partial charge in [0.25, 0.3) is 0 Å². The van der Waals surface area contributed by atoms with Gasteiger partial charge in [-0.2, -0.15) is 0 Å². The Morgan fingerprint density at radius 3 is 2.32 bits per heavy atom. The quantitative estimate of drug-likeness (QED) is 0.899. The van der Waals surface area contributed by atoms with Crippen LogP contribution < -0.4 is 5.73 Å². The van der Waals surface area contributed by atoms with Gasteiger partial charge in [0.2, 0.25) is 0 Å². The largest absolute Gasteiger partial charge is 0.321 e. The number of nitrogens with two attached hydrogens (primary N) is 1. The Kier molecular flexibility index (Phi) is 3.79. The second-order valence-corrected chi connectivity index (χ2v) is 6.92. The van der Waals surface area contributed by atoms with Gasteiger partial charge < -0.3 is 5.73 Å². The lowest BCUT2D eigenvalue weighted by molar-refractivity contribution is 0.553. The predicted molar refractivity (Wildman–Crippen MR) is 83.6 cm³/mol. The van der Waals surface area contributed by atoms with Crippen LogP contribution in [0.25, 0.3) is 10.6 Å². The van der Waals surface area contributed by atoms with Crippen molar-refractivity contribution >= 4 is 11.3 Å². The third-order valence-electron chi connectivity index (χ3n) is 3.16. The summed E-state index contributed by atoms with van der Waals surface area (Å²) in [6, 6.07) is 8.38. The zero-order valence-electron chi connectivity index (χ0n) is 12.3. The normalized spacial score (nSPS) is 12.2. The molecule has 3 heteroatoms. The average molecular weight is 274 g/mol. The van der Waals surface area contributed by atoms with E-state index in [1.165, 1.54) is 16.0 Å². The molecule has 0 unspecified atom stereocenters.